The lowest BCUT2D eigenvalue weighted by atomic mass is 9.84. The summed E-state index contributed by atoms with van der Waals surface area (Å²) in [6, 6.07) is 9.61. The van der Waals surface area contributed by atoms with Gasteiger partial charge in [-0.1, -0.05) is 57.5 Å². The second-order valence-corrected chi connectivity index (χ2v) is 8.84. The van der Waals surface area contributed by atoms with E-state index in [2.05, 4.69) is 20.9 Å². The number of benzene rings is 1. The van der Waals surface area contributed by atoms with Gasteiger partial charge in [-0.15, -0.1) is 0 Å². The number of pyridine rings is 1. The molecule has 174 valence electrons. The maximum absolute atomic E-state index is 12.9. The lowest BCUT2D eigenvalue weighted by Gasteiger charge is -2.40. The van der Waals surface area contributed by atoms with Crippen LogP contribution in [0, 0.1) is 11.8 Å². The number of carbonyl (C=O) groups excluding carboxylic acids is 2. The van der Waals surface area contributed by atoms with Crippen molar-refractivity contribution in [2.45, 2.75) is 52.7 Å². The standard InChI is InChI=1S/C23H31ClN4O3S/c1-6-9-19(29)27-23(21(30)31-5,15(4)14(2)3)28-22(32)25-13-17-12-16-10-7-8-11-18(16)26-20(17)24/h7-8,10-12,14-15H,6,9,13H2,1-5H3,(H,27,29)(H2,25,28,32). The highest BCUT2D eigenvalue weighted by molar-refractivity contribution is 7.80. The minimum absolute atomic E-state index is 0.0467. The van der Waals surface area contributed by atoms with E-state index in [4.69, 9.17) is 28.6 Å². The van der Waals surface area contributed by atoms with Crippen molar-refractivity contribution >= 4 is 51.7 Å². The molecule has 0 saturated heterocycles. The van der Waals surface area contributed by atoms with Gasteiger partial charge >= 0.3 is 5.97 Å². The average Bonchev–Trinajstić information content (AvgIpc) is 2.76. The number of methoxy groups -OCH3 is 1. The van der Waals surface area contributed by atoms with Crippen LogP contribution < -0.4 is 16.0 Å². The van der Waals surface area contributed by atoms with Gasteiger partial charge in [-0.2, -0.15) is 0 Å². The summed E-state index contributed by atoms with van der Waals surface area (Å²) in [5.41, 5.74) is 0.0474. The third kappa shape index (κ3) is 6.07. The highest BCUT2D eigenvalue weighted by Gasteiger charge is 2.48. The monoisotopic (exact) mass is 478 g/mol. The fraction of sp³-hybridized carbons (Fsp3) is 0.478. The van der Waals surface area contributed by atoms with Crippen LogP contribution in [0.2, 0.25) is 5.15 Å². The van der Waals surface area contributed by atoms with E-state index in [-0.39, 0.29) is 29.3 Å². The maximum atomic E-state index is 12.9. The quantitative estimate of drug-likeness (QED) is 0.217. The molecule has 32 heavy (non-hydrogen) atoms. The Hall–Kier alpha value is -2.45. The van der Waals surface area contributed by atoms with Crippen molar-refractivity contribution in [1.29, 1.82) is 0 Å². The van der Waals surface area contributed by atoms with Crippen LogP contribution in [0.1, 0.15) is 46.1 Å². The van der Waals surface area contributed by atoms with Crippen molar-refractivity contribution in [2.75, 3.05) is 7.11 Å². The molecule has 0 spiro atoms. The van der Waals surface area contributed by atoms with E-state index in [1.165, 1.54) is 7.11 Å². The molecule has 2 rings (SSSR count). The first-order valence-electron chi connectivity index (χ1n) is 10.6. The molecule has 0 aliphatic heterocycles. The number of amides is 1. The van der Waals surface area contributed by atoms with E-state index in [9.17, 15) is 9.59 Å². The summed E-state index contributed by atoms with van der Waals surface area (Å²) >= 11 is 11.8. The predicted molar refractivity (Wildman–Crippen MR) is 131 cm³/mol. The van der Waals surface area contributed by atoms with Gasteiger partial charge in [0.1, 0.15) is 5.15 Å². The van der Waals surface area contributed by atoms with Gasteiger partial charge in [0.15, 0.2) is 5.11 Å². The lowest BCUT2D eigenvalue weighted by molar-refractivity contribution is -0.155. The fourth-order valence-electron chi connectivity index (χ4n) is 3.38. The second kappa shape index (κ2) is 11.4. The minimum atomic E-state index is -1.51. The molecule has 2 unspecified atom stereocenters. The molecule has 0 fully saturated rings. The van der Waals surface area contributed by atoms with E-state index in [1.54, 1.807) is 0 Å². The zero-order valence-corrected chi connectivity index (χ0v) is 20.7. The number of hydrogen-bond donors (Lipinski definition) is 3. The molecule has 0 saturated carbocycles. The van der Waals surface area contributed by atoms with Crippen molar-refractivity contribution in [1.82, 2.24) is 20.9 Å². The van der Waals surface area contributed by atoms with Gasteiger partial charge in [-0.25, -0.2) is 9.78 Å². The highest BCUT2D eigenvalue weighted by Crippen LogP contribution is 2.25. The molecule has 0 aliphatic carbocycles. The summed E-state index contributed by atoms with van der Waals surface area (Å²) in [6.07, 6.45) is 0.930. The van der Waals surface area contributed by atoms with Crippen LogP contribution in [0.4, 0.5) is 0 Å². The minimum Gasteiger partial charge on any atom is -0.466 e. The number of para-hydroxylation sites is 1. The number of ether oxygens (including phenoxy) is 1. The number of thiocarbonyl (C=S) groups is 1. The van der Waals surface area contributed by atoms with Crippen LogP contribution in [-0.4, -0.2) is 34.7 Å². The van der Waals surface area contributed by atoms with Gasteiger partial charge in [0.05, 0.1) is 12.6 Å². The molecule has 2 aromatic rings. The molecule has 1 aromatic heterocycles. The highest BCUT2D eigenvalue weighted by atomic mass is 35.5. The SMILES string of the molecule is CCCC(=O)NC(NC(=S)NCc1cc2ccccc2nc1Cl)(C(=O)OC)C(C)C(C)C. The van der Waals surface area contributed by atoms with E-state index in [1.807, 2.05) is 58.0 Å². The first-order valence-corrected chi connectivity index (χ1v) is 11.4. The number of esters is 1. The van der Waals surface area contributed by atoms with Crippen LogP contribution in [0.15, 0.2) is 30.3 Å². The van der Waals surface area contributed by atoms with Gasteiger partial charge in [-0.05, 0) is 36.7 Å². The first kappa shape index (κ1) is 25.8. The Kier molecular flexibility index (Phi) is 9.21. The van der Waals surface area contributed by atoms with Crippen molar-refractivity contribution in [3.63, 3.8) is 0 Å². The van der Waals surface area contributed by atoms with E-state index >= 15 is 0 Å². The van der Waals surface area contributed by atoms with E-state index in [0.717, 1.165) is 16.5 Å². The molecule has 2 atom stereocenters. The summed E-state index contributed by atoms with van der Waals surface area (Å²) in [4.78, 5) is 29.8. The van der Waals surface area contributed by atoms with Gasteiger partial charge < -0.3 is 20.7 Å². The molecule has 9 heteroatoms. The van der Waals surface area contributed by atoms with Crippen LogP contribution in [0.3, 0.4) is 0 Å². The second-order valence-electron chi connectivity index (χ2n) is 8.07. The Labute approximate surface area is 199 Å². The molecule has 1 amide bonds. The van der Waals surface area contributed by atoms with Crippen LogP contribution in [0.25, 0.3) is 10.9 Å². The maximum Gasteiger partial charge on any atom is 0.353 e. The lowest BCUT2D eigenvalue weighted by Crippen LogP contribution is -2.71. The van der Waals surface area contributed by atoms with Gasteiger partial charge in [-0.3, -0.25) is 4.79 Å². The van der Waals surface area contributed by atoms with Crippen molar-refractivity contribution < 1.29 is 14.3 Å². The van der Waals surface area contributed by atoms with Crippen LogP contribution in [0.5, 0.6) is 0 Å². The zero-order valence-electron chi connectivity index (χ0n) is 19.1. The summed E-state index contributed by atoms with van der Waals surface area (Å²) in [6.45, 7) is 7.98. The number of carbonyl (C=O) groups is 2. The average molecular weight is 479 g/mol. The summed E-state index contributed by atoms with van der Waals surface area (Å²) in [7, 11) is 1.29. The van der Waals surface area contributed by atoms with Crippen molar-refractivity contribution in [3.8, 4) is 0 Å². The van der Waals surface area contributed by atoms with Gasteiger partial charge in [0.25, 0.3) is 0 Å². The molecular formula is C23H31ClN4O3S. The third-order valence-corrected chi connectivity index (χ3v) is 6.08. The summed E-state index contributed by atoms with van der Waals surface area (Å²) in [5, 5.41) is 10.4. The van der Waals surface area contributed by atoms with Gasteiger partial charge in [0, 0.05) is 29.8 Å². The Morgan fingerprint density at radius 1 is 1.22 bits per heavy atom. The molecule has 0 aliphatic rings. The Balaban J connectivity index is 2.26. The Morgan fingerprint density at radius 3 is 2.53 bits per heavy atom. The Bertz CT molecular complexity index is 985. The van der Waals surface area contributed by atoms with Crippen molar-refractivity contribution in [3.05, 3.63) is 41.0 Å². The van der Waals surface area contributed by atoms with E-state index < -0.39 is 11.6 Å². The Morgan fingerprint density at radius 2 is 1.91 bits per heavy atom. The van der Waals surface area contributed by atoms with Crippen molar-refractivity contribution in [2.24, 2.45) is 11.8 Å². The topological polar surface area (TPSA) is 92.4 Å². The number of fused-ring (bicyclic) bond motifs is 1. The third-order valence-electron chi connectivity index (χ3n) is 5.50. The number of aromatic nitrogens is 1. The number of nitrogens with one attached hydrogen (secondary N) is 3. The molecule has 1 heterocycles. The molecule has 7 nitrogen and oxygen atoms in total. The van der Waals surface area contributed by atoms with E-state index in [0.29, 0.717) is 18.1 Å². The molecule has 0 radical (unpaired) electrons. The van der Waals surface area contributed by atoms with Crippen LogP contribution >= 0.6 is 23.8 Å². The molecule has 0 bridgehead atoms. The number of hydrogen-bond acceptors (Lipinski definition) is 5. The fourth-order valence-corrected chi connectivity index (χ4v) is 3.82. The predicted octanol–water partition coefficient (Wildman–Crippen LogP) is 3.93. The van der Waals surface area contributed by atoms with Gasteiger partial charge in [0.2, 0.25) is 11.6 Å². The summed E-state index contributed by atoms with van der Waals surface area (Å²) < 4.78 is 5.06. The number of halogens is 1. The molecule has 1 aromatic carbocycles. The zero-order chi connectivity index (χ0) is 23.9. The first-order chi connectivity index (χ1) is 15.1. The largest absolute Gasteiger partial charge is 0.466 e. The number of nitrogens with zero attached hydrogens (tertiary/aromatic N) is 1. The number of rotatable bonds is 9. The summed E-state index contributed by atoms with van der Waals surface area (Å²) in [5.74, 6) is -1.15. The molecule has 3 N–H and O–H groups in total. The van der Waals surface area contributed by atoms with Crippen LogP contribution in [-0.2, 0) is 20.9 Å². The smallest absolute Gasteiger partial charge is 0.353 e. The normalized spacial score (nSPS) is 13.8. The molecular weight excluding hydrogens is 448 g/mol.